The third-order valence-corrected chi connectivity index (χ3v) is 5.15. The highest BCUT2D eigenvalue weighted by Crippen LogP contribution is 2.25. The van der Waals surface area contributed by atoms with Crippen LogP contribution in [0.2, 0.25) is 0 Å². The number of hydrogen-bond donors (Lipinski definition) is 1. The molecular formula is C27H20N2O2. The Hall–Kier alpha value is -4.18. The SMILES string of the molecule is O=C(Nc1ccc(-c2nc3ccccc3o2)cc1)c1ccc(Cc2ccccc2)cc1. The first kappa shape index (κ1) is 18.8. The summed E-state index contributed by atoms with van der Waals surface area (Å²) < 4.78 is 5.80. The van der Waals surface area contributed by atoms with Crippen molar-refractivity contribution in [2.45, 2.75) is 6.42 Å². The van der Waals surface area contributed by atoms with Gasteiger partial charge in [-0.05, 0) is 66.1 Å². The largest absolute Gasteiger partial charge is 0.436 e. The van der Waals surface area contributed by atoms with E-state index in [2.05, 4.69) is 22.4 Å². The maximum atomic E-state index is 12.6. The molecule has 0 unspecified atom stereocenters. The summed E-state index contributed by atoms with van der Waals surface area (Å²) >= 11 is 0. The maximum absolute atomic E-state index is 12.6. The molecule has 150 valence electrons. The Morgan fingerprint density at radius 2 is 1.42 bits per heavy atom. The second-order valence-corrected chi connectivity index (χ2v) is 7.38. The van der Waals surface area contributed by atoms with Crippen LogP contribution in [-0.2, 0) is 6.42 Å². The fourth-order valence-electron chi connectivity index (χ4n) is 3.50. The van der Waals surface area contributed by atoms with E-state index in [9.17, 15) is 4.79 Å². The van der Waals surface area contributed by atoms with E-state index in [0.29, 0.717) is 11.5 Å². The quantitative estimate of drug-likeness (QED) is 0.372. The molecule has 5 aromatic rings. The van der Waals surface area contributed by atoms with Gasteiger partial charge >= 0.3 is 0 Å². The minimum atomic E-state index is -0.138. The van der Waals surface area contributed by atoms with Crippen LogP contribution in [0.15, 0.2) is 108 Å². The predicted molar refractivity (Wildman–Crippen MR) is 123 cm³/mol. The van der Waals surface area contributed by atoms with Gasteiger partial charge < -0.3 is 9.73 Å². The van der Waals surface area contributed by atoms with Crippen molar-refractivity contribution >= 4 is 22.7 Å². The van der Waals surface area contributed by atoms with E-state index in [-0.39, 0.29) is 5.91 Å². The molecule has 5 rings (SSSR count). The Kier molecular flexibility index (Phi) is 5.03. The number of aromatic nitrogens is 1. The van der Waals surface area contributed by atoms with Crippen molar-refractivity contribution in [1.29, 1.82) is 0 Å². The standard InChI is InChI=1S/C27H20N2O2/c30-26(21-12-10-20(11-13-21)18-19-6-2-1-3-7-19)28-23-16-14-22(15-17-23)27-29-24-8-4-5-9-25(24)31-27/h1-17H,18H2,(H,28,30). The van der Waals surface area contributed by atoms with Crippen molar-refractivity contribution < 1.29 is 9.21 Å². The molecule has 0 fully saturated rings. The lowest BCUT2D eigenvalue weighted by Crippen LogP contribution is -2.11. The molecule has 0 atom stereocenters. The topological polar surface area (TPSA) is 55.1 Å². The Bertz CT molecular complexity index is 1290. The second kappa shape index (κ2) is 8.28. The molecule has 31 heavy (non-hydrogen) atoms. The van der Waals surface area contributed by atoms with Gasteiger partial charge in [0.05, 0.1) is 0 Å². The van der Waals surface area contributed by atoms with Gasteiger partial charge in [0.2, 0.25) is 5.89 Å². The summed E-state index contributed by atoms with van der Waals surface area (Å²) in [7, 11) is 0. The van der Waals surface area contributed by atoms with Crippen LogP contribution < -0.4 is 5.32 Å². The monoisotopic (exact) mass is 404 g/mol. The fourth-order valence-corrected chi connectivity index (χ4v) is 3.50. The maximum Gasteiger partial charge on any atom is 0.255 e. The molecule has 4 nitrogen and oxygen atoms in total. The number of hydrogen-bond acceptors (Lipinski definition) is 3. The van der Waals surface area contributed by atoms with Gasteiger partial charge in [-0.2, -0.15) is 0 Å². The van der Waals surface area contributed by atoms with E-state index >= 15 is 0 Å². The Morgan fingerprint density at radius 1 is 0.742 bits per heavy atom. The summed E-state index contributed by atoms with van der Waals surface area (Å²) in [4.78, 5) is 17.1. The molecule has 4 heteroatoms. The number of fused-ring (bicyclic) bond motifs is 1. The molecule has 0 bridgehead atoms. The zero-order chi connectivity index (χ0) is 21.0. The number of para-hydroxylation sites is 2. The van der Waals surface area contributed by atoms with Crippen molar-refractivity contribution in [2.75, 3.05) is 5.32 Å². The number of carbonyl (C=O) groups excluding carboxylic acids is 1. The minimum absolute atomic E-state index is 0.138. The molecule has 0 aliphatic heterocycles. The van der Waals surface area contributed by atoms with E-state index in [1.807, 2.05) is 91.0 Å². The summed E-state index contributed by atoms with van der Waals surface area (Å²) in [6.07, 6.45) is 0.847. The summed E-state index contributed by atoms with van der Waals surface area (Å²) in [5.41, 5.74) is 6.21. The van der Waals surface area contributed by atoms with Crippen LogP contribution in [-0.4, -0.2) is 10.9 Å². The smallest absolute Gasteiger partial charge is 0.255 e. The zero-order valence-corrected chi connectivity index (χ0v) is 16.8. The number of benzene rings is 4. The molecule has 0 radical (unpaired) electrons. The number of nitrogens with zero attached hydrogens (tertiary/aromatic N) is 1. The predicted octanol–water partition coefficient (Wildman–Crippen LogP) is 6.34. The normalized spacial score (nSPS) is 10.8. The molecule has 0 aliphatic rings. The van der Waals surface area contributed by atoms with E-state index in [0.717, 1.165) is 28.8 Å². The van der Waals surface area contributed by atoms with Crippen molar-refractivity contribution in [3.8, 4) is 11.5 Å². The third-order valence-electron chi connectivity index (χ3n) is 5.15. The Morgan fingerprint density at radius 3 is 2.16 bits per heavy atom. The molecule has 1 amide bonds. The van der Waals surface area contributed by atoms with Crippen molar-refractivity contribution in [1.82, 2.24) is 4.98 Å². The number of oxazole rings is 1. The van der Waals surface area contributed by atoms with Gasteiger partial charge in [0.25, 0.3) is 5.91 Å². The van der Waals surface area contributed by atoms with Crippen LogP contribution in [0.5, 0.6) is 0 Å². The second-order valence-electron chi connectivity index (χ2n) is 7.38. The van der Waals surface area contributed by atoms with Gasteiger partial charge in [0.1, 0.15) is 5.52 Å². The number of anilines is 1. The van der Waals surface area contributed by atoms with Crippen LogP contribution in [0.25, 0.3) is 22.6 Å². The van der Waals surface area contributed by atoms with Gasteiger partial charge in [0, 0.05) is 16.8 Å². The van der Waals surface area contributed by atoms with Gasteiger partial charge in [-0.3, -0.25) is 4.79 Å². The minimum Gasteiger partial charge on any atom is -0.436 e. The van der Waals surface area contributed by atoms with E-state index in [4.69, 9.17) is 4.42 Å². The van der Waals surface area contributed by atoms with E-state index < -0.39 is 0 Å². The van der Waals surface area contributed by atoms with Gasteiger partial charge in [0.15, 0.2) is 5.58 Å². The highest BCUT2D eigenvalue weighted by molar-refractivity contribution is 6.04. The average Bonchev–Trinajstić information content (AvgIpc) is 3.25. The molecular weight excluding hydrogens is 384 g/mol. The molecule has 0 saturated carbocycles. The summed E-state index contributed by atoms with van der Waals surface area (Å²) in [5.74, 6) is 0.425. The van der Waals surface area contributed by atoms with Crippen LogP contribution in [0.4, 0.5) is 5.69 Å². The van der Waals surface area contributed by atoms with Crippen molar-refractivity contribution in [3.05, 3.63) is 120 Å². The molecule has 0 saturated heterocycles. The Labute approximate surface area is 180 Å². The Balaban J connectivity index is 1.26. The van der Waals surface area contributed by atoms with Crippen LogP contribution in [0, 0.1) is 0 Å². The molecule has 0 spiro atoms. The van der Waals surface area contributed by atoms with Gasteiger partial charge in [-0.1, -0.05) is 54.6 Å². The molecule has 4 aromatic carbocycles. The van der Waals surface area contributed by atoms with Gasteiger partial charge in [-0.25, -0.2) is 4.98 Å². The van der Waals surface area contributed by atoms with Crippen LogP contribution >= 0.6 is 0 Å². The van der Waals surface area contributed by atoms with Crippen molar-refractivity contribution in [3.63, 3.8) is 0 Å². The van der Waals surface area contributed by atoms with E-state index in [1.165, 1.54) is 11.1 Å². The number of carbonyl (C=O) groups is 1. The lowest BCUT2D eigenvalue weighted by atomic mass is 10.0. The first-order valence-electron chi connectivity index (χ1n) is 10.1. The first-order chi connectivity index (χ1) is 15.2. The fraction of sp³-hybridized carbons (Fsp3) is 0.0370. The zero-order valence-electron chi connectivity index (χ0n) is 16.8. The summed E-state index contributed by atoms with van der Waals surface area (Å²) in [6, 6.07) is 33.2. The first-order valence-corrected chi connectivity index (χ1v) is 10.1. The molecule has 0 aliphatic carbocycles. The lowest BCUT2D eigenvalue weighted by Gasteiger charge is -2.07. The summed E-state index contributed by atoms with van der Waals surface area (Å²) in [5, 5.41) is 2.94. The highest BCUT2D eigenvalue weighted by atomic mass is 16.3. The highest BCUT2D eigenvalue weighted by Gasteiger charge is 2.10. The number of nitrogens with one attached hydrogen (secondary N) is 1. The molecule has 1 N–H and O–H groups in total. The van der Waals surface area contributed by atoms with E-state index in [1.54, 1.807) is 0 Å². The van der Waals surface area contributed by atoms with Crippen molar-refractivity contribution in [2.24, 2.45) is 0 Å². The number of rotatable bonds is 5. The lowest BCUT2D eigenvalue weighted by molar-refractivity contribution is 0.102. The molecule has 1 heterocycles. The number of amides is 1. The summed E-state index contributed by atoms with van der Waals surface area (Å²) in [6.45, 7) is 0. The van der Waals surface area contributed by atoms with Crippen LogP contribution in [0.1, 0.15) is 21.5 Å². The average molecular weight is 404 g/mol. The van der Waals surface area contributed by atoms with Gasteiger partial charge in [-0.15, -0.1) is 0 Å². The third kappa shape index (κ3) is 4.23. The van der Waals surface area contributed by atoms with Crippen LogP contribution in [0.3, 0.4) is 0 Å². The molecule has 1 aromatic heterocycles.